The van der Waals surface area contributed by atoms with Gasteiger partial charge in [0.15, 0.2) is 0 Å². The van der Waals surface area contributed by atoms with E-state index in [2.05, 4.69) is 124 Å². The Hall–Kier alpha value is -4.60. The monoisotopic (exact) mass is 614 g/mol. The largest absolute Gasteiger partial charge is 0.822 e. The van der Waals surface area contributed by atoms with Crippen molar-refractivity contribution in [1.82, 2.24) is 13.7 Å². The van der Waals surface area contributed by atoms with E-state index in [4.69, 9.17) is 19.2 Å². The van der Waals surface area contributed by atoms with Gasteiger partial charge in [0.1, 0.15) is 56.8 Å². The van der Waals surface area contributed by atoms with E-state index in [-0.39, 0.29) is 0 Å². The molecule has 0 aliphatic carbocycles. The van der Waals surface area contributed by atoms with Gasteiger partial charge in [-0.1, -0.05) is 91.0 Å². The lowest BCUT2D eigenvalue weighted by atomic mass is 10.2. The normalized spacial score (nSPS) is 10.4. The summed E-state index contributed by atoms with van der Waals surface area (Å²) in [5.41, 5.74) is 4.00. The molecule has 0 bridgehead atoms. The molecule has 44 heavy (non-hydrogen) atoms. The number of hydrogen-bond acceptors (Lipinski definition) is 4. The number of rotatable bonds is 6. The predicted octanol–water partition coefficient (Wildman–Crippen LogP) is 1.26. The maximum absolute atomic E-state index is 8.55. The number of phosphoric acid groups is 1. The van der Waals surface area contributed by atoms with Crippen LogP contribution in [-0.2, 0) is 45.3 Å². The Morgan fingerprint density at radius 3 is 0.909 bits per heavy atom. The Balaban J connectivity index is 0.000000168. The van der Waals surface area contributed by atoms with Crippen molar-refractivity contribution in [3.8, 4) is 0 Å². The van der Waals surface area contributed by atoms with Crippen molar-refractivity contribution in [2.24, 2.45) is 21.1 Å². The lowest BCUT2D eigenvalue weighted by molar-refractivity contribution is -0.671. The summed E-state index contributed by atoms with van der Waals surface area (Å²) >= 11 is 0. The standard InChI is InChI=1S/3C11H13N2.H3O4P/c3*1-12-7-8-13(10-12)9-11-5-3-2-4-6-11;1-5(2,3)4/h3*2-8,10H,9H2,1H3;(H3,1,2,3,4)/q3*+1;/p-3. The van der Waals surface area contributed by atoms with E-state index in [1.54, 1.807) is 0 Å². The van der Waals surface area contributed by atoms with Crippen molar-refractivity contribution >= 4 is 7.82 Å². The zero-order chi connectivity index (χ0) is 31.8. The minimum Gasteiger partial charge on any atom is -0.822 e. The molecule has 0 spiro atoms. The Morgan fingerprint density at radius 1 is 0.500 bits per heavy atom. The smallest absolute Gasteiger partial charge is 0.243 e. The third-order valence-electron chi connectivity index (χ3n) is 6.10. The second kappa shape index (κ2) is 17.5. The summed E-state index contributed by atoms with van der Waals surface area (Å²) in [4.78, 5) is 25.6. The second-order valence-corrected chi connectivity index (χ2v) is 11.1. The van der Waals surface area contributed by atoms with Gasteiger partial charge in [0, 0.05) is 0 Å². The van der Waals surface area contributed by atoms with E-state index < -0.39 is 7.82 Å². The molecule has 10 nitrogen and oxygen atoms in total. The molecule has 0 saturated heterocycles. The first-order chi connectivity index (χ1) is 21.0. The molecule has 3 aromatic heterocycles. The van der Waals surface area contributed by atoms with E-state index in [0.717, 1.165) is 19.6 Å². The van der Waals surface area contributed by atoms with Crippen LogP contribution in [0.2, 0.25) is 0 Å². The van der Waals surface area contributed by atoms with Gasteiger partial charge in [-0.3, -0.25) is 0 Å². The average molecular weight is 615 g/mol. The number of aryl methyl sites for hydroxylation is 3. The molecule has 0 saturated carbocycles. The first kappa shape index (κ1) is 33.9. The molecule has 0 fully saturated rings. The lowest BCUT2D eigenvalue weighted by Gasteiger charge is -2.36. The fourth-order valence-corrected chi connectivity index (χ4v) is 4.17. The summed E-state index contributed by atoms with van der Waals surface area (Å²) in [6.07, 6.45) is 18.6. The van der Waals surface area contributed by atoms with Gasteiger partial charge in [-0.15, -0.1) is 0 Å². The minimum absolute atomic E-state index is 0.946. The molecule has 0 aliphatic rings. The zero-order valence-electron chi connectivity index (χ0n) is 25.2. The second-order valence-electron chi connectivity index (χ2n) is 10.2. The molecule has 11 heteroatoms. The number of hydrogen-bond donors (Lipinski definition) is 0. The van der Waals surface area contributed by atoms with Crippen LogP contribution in [0.5, 0.6) is 0 Å². The van der Waals surface area contributed by atoms with Crippen LogP contribution in [0.3, 0.4) is 0 Å². The zero-order valence-corrected chi connectivity index (χ0v) is 26.1. The van der Waals surface area contributed by atoms with Gasteiger partial charge in [0.25, 0.3) is 0 Å². The number of nitrogens with zero attached hydrogens (tertiary/aromatic N) is 6. The maximum Gasteiger partial charge on any atom is 0.243 e. The van der Waals surface area contributed by atoms with Crippen molar-refractivity contribution in [2.45, 2.75) is 19.6 Å². The Kier molecular flexibility index (Phi) is 13.5. The molecule has 0 unspecified atom stereocenters. The van der Waals surface area contributed by atoms with Crippen LogP contribution in [0.4, 0.5) is 0 Å². The van der Waals surface area contributed by atoms with Gasteiger partial charge in [0.05, 0.1) is 21.1 Å². The van der Waals surface area contributed by atoms with Crippen LogP contribution in [0.15, 0.2) is 147 Å². The molecule has 6 rings (SSSR count). The predicted molar refractivity (Wildman–Crippen MR) is 161 cm³/mol. The molecule has 230 valence electrons. The Morgan fingerprint density at radius 2 is 0.727 bits per heavy atom. The highest BCUT2D eigenvalue weighted by Crippen LogP contribution is 2.04. The molecular weight excluding hydrogens is 575 g/mol. The van der Waals surface area contributed by atoms with Gasteiger partial charge < -0.3 is 19.2 Å². The van der Waals surface area contributed by atoms with E-state index in [1.807, 2.05) is 71.6 Å². The topological polar surface area (TPSA) is 113 Å². The highest BCUT2D eigenvalue weighted by Gasteiger charge is 2.02. The minimum atomic E-state index is -5.39. The molecule has 0 N–H and O–H groups in total. The first-order valence-corrected chi connectivity index (χ1v) is 15.4. The summed E-state index contributed by atoms with van der Waals surface area (Å²) in [5.74, 6) is 0. The van der Waals surface area contributed by atoms with Gasteiger partial charge in [-0.25, -0.2) is 27.4 Å². The fraction of sp³-hybridized carbons (Fsp3) is 0.182. The van der Waals surface area contributed by atoms with Crippen LogP contribution in [-0.4, -0.2) is 13.7 Å². The summed E-state index contributed by atoms with van der Waals surface area (Å²) in [6.45, 7) is 2.84. The highest BCUT2D eigenvalue weighted by atomic mass is 31.2. The summed E-state index contributed by atoms with van der Waals surface area (Å²) in [6, 6.07) is 31.4. The first-order valence-electron chi connectivity index (χ1n) is 13.9. The number of imidazole rings is 3. The van der Waals surface area contributed by atoms with Gasteiger partial charge in [0.2, 0.25) is 19.0 Å². The van der Waals surface area contributed by atoms with Gasteiger partial charge >= 0.3 is 0 Å². The summed E-state index contributed by atoms with van der Waals surface area (Å²) in [7, 11) is 0.699. The maximum atomic E-state index is 8.55. The fourth-order valence-electron chi connectivity index (χ4n) is 4.17. The van der Waals surface area contributed by atoms with Crippen LogP contribution in [0.1, 0.15) is 16.7 Å². The third-order valence-corrected chi connectivity index (χ3v) is 6.10. The van der Waals surface area contributed by atoms with Gasteiger partial charge in [-0.2, -0.15) is 7.82 Å². The summed E-state index contributed by atoms with van der Waals surface area (Å²) < 4.78 is 21.2. The van der Waals surface area contributed by atoms with Crippen molar-refractivity contribution < 1.29 is 32.9 Å². The highest BCUT2D eigenvalue weighted by molar-refractivity contribution is 7.40. The van der Waals surface area contributed by atoms with Crippen LogP contribution in [0, 0.1) is 0 Å². The van der Waals surface area contributed by atoms with Gasteiger partial charge in [-0.05, 0) is 16.7 Å². The van der Waals surface area contributed by atoms with Crippen LogP contribution < -0.4 is 28.4 Å². The van der Waals surface area contributed by atoms with Crippen molar-refractivity contribution in [3.05, 3.63) is 164 Å². The molecule has 0 atom stereocenters. The van der Waals surface area contributed by atoms with Crippen LogP contribution in [0.25, 0.3) is 0 Å². The van der Waals surface area contributed by atoms with Crippen molar-refractivity contribution in [2.75, 3.05) is 0 Å². The Bertz CT molecular complexity index is 1490. The molecule has 6 aromatic rings. The summed E-state index contributed by atoms with van der Waals surface area (Å²) in [5, 5.41) is 0. The van der Waals surface area contributed by atoms with E-state index in [0.29, 0.717) is 0 Å². The van der Waals surface area contributed by atoms with E-state index >= 15 is 0 Å². The molecule has 0 amide bonds. The lowest BCUT2D eigenvalue weighted by Crippen LogP contribution is -2.24. The molecule has 0 radical (unpaired) electrons. The van der Waals surface area contributed by atoms with E-state index in [1.165, 1.54) is 16.7 Å². The molecule has 3 aromatic carbocycles. The molecule has 3 heterocycles. The SMILES string of the molecule is C[n+]1ccn(Cc2ccccc2)c1.C[n+]1ccn(Cc2ccccc2)c1.C[n+]1ccn(Cc2ccccc2)c1.O=P([O-])([O-])[O-]. The van der Waals surface area contributed by atoms with Crippen molar-refractivity contribution in [1.29, 1.82) is 0 Å². The average Bonchev–Trinajstić information content (AvgIpc) is 3.71. The quantitative estimate of drug-likeness (QED) is 0.208. The Labute approximate surface area is 258 Å². The third kappa shape index (κ3) is 14.5. The number of benzene rings is 3. The molecular formula is C33H39N6O4P. The number of aromatic nitrogens is 6. The molecule has 0 aliphatic heterocycles. The van der Waals surface area contributed by atoms with Crippen LogP contribution >= 0.6 is 7.82 Å². The van der Waals surface area contributed by atoms with Crippen molar-refractivity contribution in [3.63, 3.8) is 0 Å². The van der Waals surface area contributed by atoms with E-state index in [9.17, 15) is 0 Å².